The van der Waals surface area contributed by atoms with Gasteiger partial charge in [-0.2, -0.15) is 0 Å². The van der Waals surface area contributed by atoms with Crippen molar-refractivity contribution < 1.29 is 9.53 Å². The maximum absolute atomic E-state index is 13.1. The molecule has 3 rings (SSSR count). The molecule has 0 aliphatic rings. The van der Waals surface area contributed by atoms with Crippen LogP contribution in [0.25, 0.3) is 10.2 Å². The lowest BCUT2D eigenvalue weighted by atomic mass is 10.1. The lowest BCUT2D eigenvalue weighted by molar-refractivity contribution is -0.118. The maximum Gasteiger partial charge on any atom is 0.228 e. The molecule has 0 saturated heterocycles. The lowest BCUT2D eigenvalue weighted by Crippen LogP contribution is -2.36. The van der Waals surface area contributed by atoms with Crippen molar-refractivity contribution in [1.29, 1.82) is 0 Å². The number of aryl methyl sites for hydroxylation is 2. The highest BCUT2D eigenvalue weighted by molar-refractivity contribution is 7.99. The summed E-state index contributed by atoms with van der Waals surface area (Å²) in [4.78, 5) is 23.2. The van der Waals surface area contributed by atoms with Crippen LogP contribution in [-0.4, -0.2) is 55.8 Å². The zero-order valence-electron chi connectivity index (χ0n) is 19.0. The summed E-state index contributed by atoms with van der Waals surface area (Å²) < 4.78 is 6.38. The first kappa shape index (κ1) is 23.6. The predicted octanol–water partition coefficient (Wildman–Crippen LogP) is 5.39. The molecule has 1 heterocycles. The molecule has 1 amide bonds. The molecule has 1 aromatic heterocycles. The average Bonchev–Trinajstić information content (AvgIpc) is 3.21. The Kier molecular flexibility index (Phi) is 8.35. The molecule has 0 radical (unpaired) electrons. The number of thioether (sulfide) groups is 1. The first-order valence-corrected chi connectivity index (χ1v) is 12.3. The molecule has 2 aromatic carbocycles. The summed E-state index contributed by atoms with van der Waals surface area (Å²) >= 11 is 3.39. The van der Waals surface area contributed by atoms with Crippen LogP contribution < -0.4 is 9.64 Å². The van der Waals surface area contributed by atoms with Crippen LogP contribution in [0.5, 0.6) is 5.75 Å². The normalized spacial score (nSPS) is 11.3. The highest BCUT2D eigenvalue weighted by Gasteiger charge is 2.20. The Morgan fingerprint density at radius 3 is 2.42 bits per heavy atom. The van der Waals surface area contributed by atoms with Gasteiger partial charge in [0.1, 0.15) is 5.75 Å². The number of hydrogen-bond acceptors (Lipinski definition) is 6. The van der Waals surface area contributed by atoms with Gasteiger partial charge in [0.15, 0.2) is 5.13 Å². The number of hydrogen-bond donors (Lipinski definition) is 0. The average molecular weight is 458 g/mol. The Balaban J connectivity index is 1.66. The number of aromatic nitrogens is 1. The van der Waals surface area contributed by atoms with Crippen molar-refractivity contribution in [2.24, 2.45) is 0 Å². The quantitative estimate of drug-likeness (QED) is 0.302. The Bertz CT molecular complexity index is 977. The topological polar surface area (TPSA) is 45.7 Å². The molecule has 3 aromatic rings. The van der Waals surface area contributed by atoms with Gasteiger partial charge >= 0.3 is 0 Å². The number of methoxy groups -OCH3 is 1. The summed E-state index contributed by atoms with van der Waals surface area (Å²) in [6.07, 6.45) is 1.35. The first-order valence-electron chi connectivity index (χ1n) is 10.5. The van der Waals surface area contributed by atoms with Crippen molar-refractivity contribution >= 4 is 44.4 Å². The van der Waals surface area contributed by atoms with E-state index in [0.29, 0.717) is 13.0 Å². The third kappa shape index (κ3) is 6.21. The fraction of sp³-hybridized carbons (Fsp3) is 0.417. The van der Waals surface area contributed by atoms with E-state index in [1.165, 1.54) is 15.2 Å². The van der Waals surface area contributed by atoms with Gasteiger partial charge in [-0.3, -0.25) is 9.69 Å². The van der Waals surface area contributed by atoms with Gasteiger partial charge in [0.2, 0.25) is 5.91 Å². The molecule has 0 saturated carbocycles. The zero-order chi connectivity index (χ0) is 22.4. The van der Waals surface area contributed by atoms with E-state index in [4.69, 9.17) is 9.72 Å². The number of amides is 1. The molecular weight excluding hydrogens is 426 g/mol. The minimum absolute atomic E-state index is 0.145. The first-order chi connectivity index (χ1) is 14.9. The van der Waals surface area contributed by atoms with Gasteiger partial charge in [0.05, 0.1) is 17.3 Å². The maximum atomic E-state index is 13.1. The second-order valence-electron chi connectivity index (χ2n) is 7.85. The number of nitrogens with zero attached hydrogens (tertiary/aromatic N) is 3. The number of likely N-dealkylation sites (N-methyl/N-ethyl adjacent to an activating group) is 1. The SMILES string of the molecule is COc1ccc(SCCCC(=O)N(CCN(C)C)c2nc3c(C)ccc(C)c3s2)cc1. The van der Waals surface area contributed by atoms with Crippen LogP contribution in [0.4, 0.5) is 5.13 Å². The summed E-state index contributed by atoms with van der Waals surface area (Å²) in [7, 11) is 5.73. The summed E-state index contributed by atoms with van der Waals surface area (Å²) in [5.74, 6) is 1.90. The third-order valence-corrected chi connectivity index (χ3v) is 7.41. The summed E-state index contributed by atoms with van der Waals surface area (Å²) in [6.45, 7) is 5.63. The van der Waals surface area contributed by atoms with E-state index >= 15 is 0 Å². The molecule has 0 fully saturated rings. The van der Waals surface area contributed by atoms with E-state index in [1.54, 1.807) is 30.2 Å². The fourth-order valence-electron chi connectivity index (χ4n) is 3.21. The Morgan fingerprint density at radius 1 is 1.06 bits per heavy atom. The number of anilines is 1. The van der Waals surface area contributed by atoms with Crippen molar-refractivity contribution in [3.63, 3.8) is 0 Å². The van der Waals surface area contributed by atoms with Crippen molar-refractivity contribution in [1.82, 2.24) is 9.88 Å². The molecule has 5 nitrogen and oxygen atoms in total. The summed E-state index contributed by atoms with van der Waals surface area (Å²) in [5.41, 5.74) is 3.37. The van der Waals surface area contributed by atoms with E-state index in [1.807, 2.05) is 31.1 Å². The van der Waals surface area contributed by atoms with Crippen LogP contribution in [0, 0.1) is 13.8 Å². The van der Waals surface area contributed by atoms with Gasteiger partial charge < -0.3 is 9.64 Å². The number of carbonyl (C=O) groups excluding carboxylic acids is 1. The molecule has 0 atom stereocenters. The highest BCUT2D eigenvalue weighted by atomic mass is 32.2. The zero-order valence-corrected chi connectivity index (χ0v) is 20.6. The molecule has 0 aliphatic carbocycles. The van der Waals surface area contributed by atoms with E-state index in [9.17, 15) is 4.79 Å². The van der Waals surface area contributed by atoms with E-state index in [0.717, 1.165) is 40.7 Å². The standard InChI is InChI=1S/C24H31N3O2S2/c1-17-8-9-18(2)23-22(17)25-24(31-23)27(15-14-26(3)4)21(28)7-6-16-30-20-12-10-19(29-5)11-13-20/h8-13H,6-7,14-16H2,1-5H3. The van der Waals surface area contributed by atoms with Crippen LogP contribution in [0.2, 0.25) is 0 Å². The van der Waals surface area contributed by atoms with Crippen LogP contribution in [-0.2, 0) is 4.79 Å². The number of fused-ring (bicyclic) bond motifs is 1. The molecule has 166 valence electrons. The van der Waals surface area contributed by atoms with Crippen molar-refractivity contribution in [2.75, 3.05) is 44.9 Å². The second-order valence-corrected chi connectivity index (χ2v) is 10.00. The van der Waals surface area contributed by atoms with Gasteiger partial charge in [-0.05, 0) is 75.5 Å². The smallest absolute Gasteiger partial charge is 0.228 e. The number of carbonyl (C=O) groups is 1. The van der Waals surface area contributed by atoms with Crippen LogP contribution in [0.15, 0.2) is 41.3 Å². The minimum Gasteiger partial charge on any atom is -0.497 e. The van der Waals surface area contributed by atoms with E-state index in [2.05, 4.69) is 43.0 Å². The van der Waals surface area contributed by atoms with Gasteiger partial charge in [0, 0.05) is 24.4 Å². The van der Waals surface area contributed by atoms with Crippen molar-refractivity contribution in [2.45, 2.75) is 31.6 Å². The van der Waals surface area contributed by atoms with Crippen LogP contribution >= 0.6 is 23.1 Å². The van der Waals surface area contributed by atoms with Crippen LogP contribution in [0.3, 0.4) is 0 Å². The molecular formula is C24H31N3O2S2. The predicted molar refractivity (Wildman–Crippen MR) is 133 cm³/mol. The fourth-order valence-corrected chi connectivity index (χ4v) is 5.22. The summed E-state index contributed by atoms with van der Waals surface area (Å²) in [5, 5.41) is 0.807. The second kappa shape index (κ2) is 11.0. The number of ether oxygens (including phenoxy) is 1. The minimum atomic E-state index is 0.145. The van der Waals surface area contributed by atoms with Crippen molar-refractivity contribution in [3.8, 4) is 5.75 Å². The van der Waals surface area contributed by atoms with Crippen LogP contribution in [0.1, 0.15) is 24.0 Å². The molecule has 0 spiro atoms. The van der Waals surface area contributed by atoms with Gasteiger partial charge in [0.25, 0.3) is 0 Å². The molecule has 7 heteroatoms. The molecule has 31 heavy (non-hydrogen) atoms. The van der Waals surface area contributed by atoms with E-state index < -0.39 is 0 Å². The number of rotatable bonds is 10. The van der Waals surface area contributed by atoms with E-state index in [-0.39, 0.29) is 5.91 Å². The molecule has 0 aliphatic heterocycles. The summed E-state index contributed by atoms with van der Waals surface area (Å²) in [6, 6.07) is 12.3. The number of thiazole rings is 1. The van der Waals surface area contributed by atoms with Crippen molar-refractivity contribution in [3.05, 3.63) is 47.5 Å². The Labute approximate surface area is 193 Å². The van der Waals surface area contributed by atoms with Gasteiger partial charge in [-0.25, -0.2) is 4.98 Å². The molecule has 0 N–H and O–H groups in total. The van der Waals surface area contributed by atoms with Gasteiger partial charge in [-0.15, -0.1) is 11.8 Å². The lowest BCUT2D eigenvalue weighted by Gasteiger charge is -2.22. The number of benzene rings is 2. The highest BCUT2D eigenvalue weighted by Crippen LogP contribution is 2.33. The van der Waals surface area contributed by atoms with Gasteiger partial charge in [-0.1, -0.05) is 23.5 Å². The molecule has 0 unspecified atom stereocenters. The Morgan fingerprint density at radius 2 is 1.77 bits per heavy atom. The third-order valence-electron chi connectivity index (χ3n) is 5.10. The molecule has 0 bridgehead atoms. The monoisotopic (exact) mass is 457 g/mol. The largest absolute Gasteiger partial charge is 0.497 e. The Hall–Kier alpha value is -2.09.